The Labute approximate surface area is 112 Å². The number of methoxy groups -OCH3 is 1. The van der Waals surface area contributed by atoms with Crippen LogP contribution in [0.4, 0.5) is 0 Å². The van der Waals surface area contributed by atoms with Gasteiger partial charge in [0.25, 0.3) is 0 Å². The fourth-order valence-electron chi connectivity index (χ4n) is 1.63. The molecule has 0 aromatic carbocycles. The second-order valence-electron chi connectivity index (χ2n) is 3.61. The van der Waals surface area contributed by atoms with Gasteiger partial charge in [-0.1, -0.05) is 11.2 Å². The van der Waals surface area contributed by atoms with Gasteiger partial charge in [0.1, 0.15) is 6.33 Å². The molecule has 0 unspecified atom stereocenters. The van der Waals surface area contributed by atoms with Crippen molar-refractivity contribution >= 4 is 17.8 Å². The summed E-state index contributed by atoms with van der Waals surface area (Å²) in [5, 5.41) is 3.67. The molecule has 0 saturated heterocycles. The summed E-state index contributed by atoms with van der Waals surface area (Å²) in [5.74, 6) is -0.430. The number of hydrogen-bond donors (Lipinski definition) is 0. The Kier molecular flexibility index (Phi) is 5.66. The topological polar surface area (TPSA) is 73.7 Å². The average Bonchev–Trinajstić information content (AvgIpc) is 2.42. The minimum Gasteiger partial charge on any atom is -0.465 e. The lowest BCUT2D eigenvalue weighted by Crippen LogP contribution is -2.10. The lowest BCUT2D eigenvalue weighted by atomic mass is 10.0. The molecular weight excluding hydrogens is 246 g/mol. The Morgan fingerprint density at radius 3 is 2.74 bits per heavy atom. The van der Waals surface area contributed by atoms with Crippen LogP contribution >= 0.6 is 0 Å². The summed E-state index contributed by atoms with van der Waals surface area (Å²) in [7, 11) is 1.34. The van der Waals surface area contributed by atoms with Gasteiger partial charge < -0.3 is 9.57 Å². The molecule has 102 valence electrons. The summed E-state index contributed by atoms with van der Waals surface area (Å²) in [6.45, 7) is 5.47. The van der Waals surface area contributed by atoms with Gasteiger partial charge in [0.2, 0.25) is 0 Å². The summed E-state index contributed by atoms with van der Waals surface area (Å²) < 4.78 is 4.76. The van der Waals surface area contributed by atoms with E-state index in [0.717, 1.165) is 0 Å². The van der Waals surface area contributed by atoms with Crippen molar-refractivity contribution in [3.8, 4) is 0 Å². The van der Waals surface area contributed by atoms with Crippen LogP contribution in [0.25, 0.3) is 5.57 Å². The molecule has 0 saturated carbocycles. The lowest BCUT2D eigenvalue weighted by Gasteiger charge is -2.11. The summed E-state index contributed by atoms with van der Waals surface area (Å²) in [5.41, 5.74) is 2.33. The van der Waals surface area contributed by atoms with Crippen molar-refractivity contribution in [2.45, 2.75) is 27.4 Å². The molecular formula is C13H17N3O3. The molecule has 6 heteroatoms. The Balaban J connectivity index is 3.20. The Bertz CT molecular complexity index is 510. The number of rotatable bonds is 5. The van der Waals surface area contributed by atoms with E-state index in [9.17, 15) is 4.79 Å². The Hall–Kier alpha value is -2.24. The molecule has 0 N–H and O–H groups in total. The van der Waals surface area contributed by atoms with E-state index in [1.54, 1.807) is 26.8 Å². The molecule has 0 bridgehead atoms. The van der Waals surface area contributed by atoms with Crippen molar-refractivity contribution in [3.63, 3.8) is 0 Å². The molecule has 0 aliphatic carbocycles. The first kappa shape index (κ1) is 14.8. The minimum atomic E-state index is -0.430. The molecule has 1 aromatic rings. The van der Waals surface area contributed by atoms with Gasteiger partial charge in [-0.3, -0.25) is 0 Å². The highest BCUT2D eigenvalue weighted by atomic mass is 16.6. The maximum absolute atomic E-state index is 11.8. The zero-order chi connectivity index (χ0) is 14.3. The third-order valence-electron chi connectivity index (χ3n) is 2.46. The first-order valence-electron chi connectivity index (χ1n) is 5.81. The molecule has 0 radical (unpaired) electrons. The number of aromatic nitrogens is 2. The second kappa shape index (κ2) is 7.25. The molecule has 0 aliphatic heterocycles. The molecule has 0 spiro atoms. The minimum absolute atomic E-state index is 0.164. The van der Waals surface area contributed by atoms with E-state index in [4.69, 9.17) is 9.57 Å². The van der Waals surface area contributed by atoms with E-state index >= 15 is 0 Å². The van der Waals surface area contributed by atoms with E-state index in [0.29, 0.717) is 22.5 Å². The normalized spacial score (nSPS) is 11.7. The van der Waals surface area contributed by atoms with Crippen LogP contribution in [-0.2, 0) is 21.0 Å². The first-order valence-corrected chi connectivity index (χ1v) is 5.81. The van der Waals surface area contributed by atoms with Gasteiger partial charge in [-0.2, -0.15) is 0 Å². The molecule has 6 nitrogen and oxygen atoms in total. The van der Waals surface area contributed by atoms with Crippen molar-refractivity contribution in [1.82, 2.24) is 9.97 Å². The summed E-state index contributed by atoms with van der Waals surface area (Å²) in [4.78, 5) is 25.1. The van der Waals surface area contributed by atoms with Crippen LogP contribution in [0.5, 0.6) is 0 Å². The van der Waals surface area contributed by atoms with Gasteiger partial charge in [0.15, 0.2) is 6.61 Å². The highest BCUT2D eigenvalue weighted by Crippen LogP contribution is 2.22. The lowest BCUT2D eigenvalue weighted by molar-refractivity contribution is -0.133. The fourth-order valence-corrected chi connectivity index (χ4v) is 1.63. The Morgan fingerprint density at radius 2 is 2.16 bits per heavy atom. The molecule has 19 heavy (non-hydrogen) atoms. The number of nitrogens with zero attached hydrogens (tertiary/aromatic N) is 3. The summed E-state index contributed by atoms with van der Waals surface area (Å²) in [6, 6.07) is 0. The standard InChI is InChI=1S/C13H17N3O3/c1-5-10(13(17)18-4)12-9(3)14-8-15-11(12)7-19-16-6-2/h5-6,8H,7H2,1-4H3/b10-5+,16-6?. The first-order chi connectivity index (χ1) is 9.15. The van der Waals surface area contributed by atoms with Crippen LogP contribution in [0.15, 0.2) is 17.6 Å². The van der Waals surface area contributed by atoms with Gasteiger partial charge in [0.05, 0.1) is 18.4 Å². The predicted octanol–water partition coefficient (Wildman–Crippen LogP) is 1.88. The van der Waals surface area contributed by atoms with Crippen molar-refractivity contribution in [1.29, 1.82) is 0 Å². The zero-order valence-corrected chi connectivity index (χ0v) is 11.5. The van der Waals surface area contributed by atoms with Crippen molar-refractivity contribution < 1.29 is 14.4 Å². The van der Waals surface area contributed by atoms with Gasteiger partial charge in [0, 0.05) is 17.5 Å². The predicted molar refractivity (Wildman–Crippen MR) is 71.4 cm³/mol. The zero-order valence-electron chi connectivity index (χ0n) is 11.5. The van der Waals surface area contributed by atoms with Gasteiger partial charge in [-0.15, -0.1) is 0 Å². The van der Waals surface area contributed by atoms with Crippen molar-refractivity contribution in [2.75, 3.05) is 7.11 Å². The number of oxime groups is 1. The van der Waals surface area contributed by atoms with E-state index < -0.39 is 5.97 Å². The molecule has 1 rings (SSSR count). The summed E-state index contributed by atoms with van der Waals surface area (Å²) >= 11 is 0. The number of ether oxygens (including phenoxy) is 1. The molecule has 0 amide bonds. The van der Waals surface area contributed by atoms with Crippen LogP contribution in [0.1, 0.15) is 30.8 Å². The molecule has 1 aromatic heterocycles. The Morgan fingerprint density at radius 1 is 1.42 bits per heavy atom. The fraction of sp³-hybridized carbons (Fsp3) is 0.385. The van der Waals surface area contributed by atoms with Crippen LogP contribution in [0.3, 0.4) is 0 Å². The maximum atomic E-state index is 11.8. The number of esters is 1. The maximum Gasteiger partial charge on any atom is 0.338 e. The number of aryl methyl sites for hydroxylation is 1. The molecule has 0 atom stereocenters. The van der Waals surface area contributed by atoms with Crippen LogP contribution in [0.2, 0.25) is 0 Å². The molecule has 0 aliphatic rings. The van der Waals surface area contributed by atoms with E-state index in [-0.39, 0.29) is 6.61 Å². The van der Waals surface area contributed by atoms with Crippen molar-refractivity contribution in [3.05, 3.63) is 29.4 Å². The monoisotopic (exact) mass is 263 g/mol. The van der Waals surface area contributed by atoms with E-state index in [2.05, 4.69) is 15.1 Å². The van der Waals surface area contributed by atoms with Crippen LogP contribution in [-0.4, -0.2) is 29.3 Å². The smallest absolute Gasteiger partial charge is 0.338 e. The number of carbonyl (C=O) groups excluding carboxylic acids is 1. The highest BCUT2D eigenvalue weighted by molar-refractivity contribution is 6.16. The molecule has 0 fully saturated rings. The quantitative estimate of drug-likeness (QED) is 0.351. The van der Waals surface area contributed by atoms with Gasteiger partial charge >= 0.3 is 5.97 Å². The molecule has 1 heterocycles. The van der Waals surface area contributed by atoms with Gasteiger partial charge in [-0.05, 0) is 20.8 Å². The van der Waals surface area contributed by atoms with E-state index in [1.807, 2.05) is 0 Å². The van der Waals surface area contributed by atoms with Gasteiger partial charge in [-0.25, -0.2) is 14.8 Å². The SMILES string of the molecule is CC=NOCc1ncnc(C)c1/C(=C\C)C(=O)OC. The average molecular weight is 263 g/mol. The number of allylic oxidation sites excluding steroid dienone is 1. The van der Waals surface area contributed by atoms with Crippen LogP contribution < -0.4 is 0 Å². The number of carbonyl (C=O) groups is 1. The van der Waals surface area contributed by atoms with Crippen LogP contribution in [0, 0.1) is 6.92 Å². The second-order valence-corrected chi connectivity index (χ2v) is 3.61. The third kappa shape index (κ3) is 3.61. The van der Waals surface area contributed by atoms with Crippen molar-refractivity contribution in [2.24, 2.45) is 5.16 Å². The largest absolute Gasteiger partial charge is 0.465 e. The van der Waals surface area contributed by atoms with E-state index in [1.165, 1.54) is 19.7 Å². The highest BCUT2D eigenvalue weighted by Gasteiger charge is 2.19. The number of hydrogen-bond acceptors (Lipinski definition) is 6. The third-order valence-corrected chi connectivity index (χ3v) is 2.46. The summed E-state index contributed by atoms with van der Waals surface area (Å²) in [6.07, 6.45) is 4.63.